The summed E-state index contributed by atoms with van der Waals surface area (Å²) in [6, 6.07) is 5.96. The van der Waals surface area contributed by atoms with E-state index in [1.165, 1.54) is 0 Å². The van der Waals surface area contributed by atoms with Gasteiger partial charge < -0.3 is 18.8 Å². The second-order valence-corrected chi connectivity index (χ2v) is 4.51. The molecule has 6 heteroatoms. The minimum absolute atomic E-state index is 0.409. The maximum atomic E-state index is 8.79. The van der Waals surface area contributed by atoms with Crippen molar-refractivity contribution >= 4 is 11.0 Å². The molecule has 104 valence electrons. The lowest BCUT2D eigenvalue weighted by atomic mass is 10.2. The third-order valence-electron chi connectivity index (χ3n) is 3.21. The van der Waals surface area contributed by atoms with Crippen LogP contribution in [0.15, 0.2) is 12.1 Å². The van der Waals surface area contributed by atoms with Gasteiger partial charge in [-0.2, -0.15) is 5.26 Å². The fourth-order valence-corrected chi connectivity index (χ4v) is 2.36. The zero-order valence-electron chi connectivity index (χ0n) is 11.3. The molecular weight excluding hydrogens is 258 g/mol. The van der Waals surface area contributed by atoms with Gasteiger partial charge >= 0.3 is 0 Å². The van der Waals surface area contributed by atoms with E-state index in [1.54, 1.807) is 7.11 Å². The van der Waals surface area contributed by atoms with Crippen molar-refractivity contribution < 1.29 is 14.2 Å². The third kappa shape index (κ3) is 2.17. The quantitative estimate of drug-likeness (QED) is 0.850. The van der Waals surface area contributed by atoms with Gasteiger partial charge in [0.25, 0.3) is 0 Å². The summed E-state index contributed by atoms with van der Waals surface area (Å²) >= 11 is 0. The molecule has 0 radical (unpaired) electrons. The van der Waals surface area contributed by atoms with Crippen molar-refractivity contribution in [3.8, 4) is 17.6 Å². The van der Waals surface area contributed by atoms with Crippen molar-refractivity contribution in [3.05, 3.63) is 18.0 Å². The first-order chi connectivity index (χ1) is 9.83. The first-order valence-corrected chi connectivity index (χ1v) is 6.48. The highest BCUT2D eigenvalue weighted by molar-refractivity contribution is 5.80. The van der Waals surface area contributed by atoms with Gasteiger partial charge in [0.15, 0.2) is 11.5 Å². The summed E-state index contributed by atoms with van der Waals surface area (Å²) in [6.45, 7) is 2.10. The Labute approximate surface area is 116 Å². The Morgan fingerprint density at radius 2 is 2.10 bits per heavy atom. The molecule has 0 unspecified atom stereocenters. The fraction of sp³-hybridized carbons (Fsp3) is 0.429. The lowest BCUT2D eigenvalue weighted by molar-refractivity contribution is 0.172. The van der Waals surface area contributed by atoms with Crippen molar-refractivity contribution in [1.29, 1.82) is 5.26 Å². The van der Waals surface area contributed by atoms with Gasteiger partial charge in [0.1, 0.15) is 25.6 Å². The molecule has 1 aromatic carbocycles. The minimum atomic E-state index is 0.409. The molecular formula is C14H15N3O3. The van der Waals surface area contributed by atoms with Crippen LogP contribution in [0.4, 0.5) is 0 Å². The number of ether oxygens (including phenoxy) is 3. The van der Waals surface area contributed by atoms with Gasteiger partial charge in [-0.1, -0.05) is 0 Å². The maximum absolute atomic E-state index is 8.79. The number of hydrogen-bond donors (Lipinski definition) is 0. The third-order valence-corrected chi connectivity index (χ3v) is 3.21. The Balaban J connectivity index is 2.11. The van der Waals surface area contributed by atoms with E-state index in [0.717, 1.165) is 28.4 Å². The SMILES string of the molecule is COCc1nc2cc3c(cc2n1CCC#N)OCCO3. The molecule has 0 N–H and O–H groups in total. The molecule has 3 rings (SSSR count). The number of nitrogens with zero attached hydrogens (tertiary/aromatic N) is 3. The molecule has 0 saturated heterocycles. The molecule has 0 atom stereocenters. The van der Waals surface area contributed by atoms with Crippen LogP contribution in [0.1, 0.15) is 12.2 Å². The van der Waals surface area contributed by atoms with Crippen LogP contribution in [0, 0.1) is 11.3 Å². The number of imidazole rings is 1. The van der Waals surface area contributed by atoms with Crippen LogP contribution in [-0.4, -0.2) is 29.9 Å². The first-order valence-electron chi connectivity index (χ1n) is 6.48. The van der Waals surface area contributed by atoms with E-state index in [9.17, 15) is 0 Å². The summed E-state index contributed by atoms with van der Waals surface area (Å²) in [6.07, 6.45) is 0.427. The normalized spacial score (nSPS) is 13.4. The number of benzene rings is 1. The summed E-state index contributed by atoms with van der Waals surface area (Å²) in [5.74, 6) is 2.25. The molecule has 1 aliphatic heterocycles. The van der Waals surface area contributed by atoms with Crippen LogP contribution in [-0.2, 0) is 17.9 Å². The number of aryl methyl sites for hydroxylation is 1. The summed E-state index contributed by atoms with van der Waals surface area (Å²) in [7, 11) is 1.63. The van der Waals surface area contributed by atoms with Gasteiger partial charge in [-0.15, -0.1) is 0 Å². The topological polar surface area (TPSA) is 69.3 Å². The summed E-state index contributed by atoms with van der Waals surface area (Å²) in [5.41, 5.74) is 1.77. The zero-order valence-corrected chi connectivity index (χ0v) is 11.3. The first kappa shape index (κ1) is 12.8. The van der Waals surface area contributed by atoms with Gasteiger partial charge in [0, 0.05) is 25.8 Å². The van der Waals surface area contributed by atoms with Crippen LogP contribution >= 0.6 is 0 Å². The van der Waals surface area contributed by atoms with Crippen LogP contribution in [0.3, 0.4) is 0 Å². The molecule has 0 amide bonds. The van der Waals surface area contributed by atoms with Crippen LogP contribution in [0.5, 0.6) is 11.5 Å². The van der Waals surface area contributed by atoms with Gasteiger partial charge in [0.2, 0.25) is 0 Å². The smallest absolute Gasteiger partial charge is 0.163 e. The van der Waals surface area contributed by atoms with E-state index in [2.05, 4.69) is 11.1 Å². The highest BCUT2D eigenvalue weighted by Crippen LogP contribution is 2.34. The molecule has 0 aliphatic carbocycles. The summed E-state index contributed by atoms with van der Waals surface area (Å²) in [4.78, 5) is 4.56. The molecule has 0 fully saturated rings. The number of hydrogen-bond acceptors (Lipinski definition) is 5. The van der Waals surface area contributed by atoms with E-state index in [-0.39, 0.29) is 0 Å². The monoisotopic (exact) mass is 273 g/mol. The van der Waals surface area contributed by atoms with Crippen molar-refractivity contribution in [2.75, 3.05) is 20.3 Å². The number of aromatic nitrogens is 2. The predicted molar refractivity (Wildman–Crippen MR) is 71.7 cm³/mol. The molecule has 0 saturated carbocycles. The lowest BCUT2D eigenvalue weighted by Crippen LogP contribution is -2.15. The molecule has 2 aromatic rings. The number of rotatable bonds is 4. The Bertz CT molecular complexity index is 672. The highest BCUT2D eigenvalue weighted by Gasteiger charge is 2.17. The second kappa shape index (κ2) is 5.39. The van der Waals surface area contributed by atoms with Gasteiger partial charge in [-0.25, -0.2) is 4.98 Å². The van der Waals surface area contributed by atoms with Crippen molar-refractivity contribution in [2.45, 2.75) is 19.6 Å². The molecule has 2 heterocycles. The Kier molecular flexibility index (Phi) is 3.44. The molecule has 0 bridgehead atoms. The van der Waals surface area contributed by atoms with E-state index in [1.807, 2.05) is 16.7 Å². The van der Waals surface area contributed by atoms with Crippen molar-refractivity contribution in [2.24, 2.45) is 0 Å². The Morgan fingerprint density at radius 3 is 2.80 bits per heavy atom. The van der Waals surface area contributed by atoms with E-state index >= 15 is 0 Å². The number of fused-ring (bicyclic) bond motifs is 2. The Morgan fingerprint density at radius 1 is 1.35 bits per heavy atom. The highest BCUT2D eigenvalue weighted by atomic mass is 16.6. The summed E-state index contributed by atoms with van der Waals surface area (Å²) in [5, 5.41) is 8.79. The minimum Gasteiger partial charge on any atom is -0.486 e. The van der Waals surface area contributed by atoms with Crippen LogP contribution in [0.25, 0.3) is 11.0 Å². The van der Waals surface area contributed by atoms with Gasteiger partial charge in [0.05, 0.1) is 23.5 Å². The van der Waals surface area contributed by atoms with Crippen LogP contribution in [0.2, 0.25) is 0 Å². The van der Waals surface area contributed by atoms with E-state index in [4.69, 9.17) is 19.5 Å². The average Bonchev–Trinajstić information content (AvgIpc) is 2.79. The van der Waals surface area contributed by atoms with Gasteiger partial charge in [-0.3, -0.25) is 0 Å². The summed E-state index contributed by atoms with van der Waals surface area (Å²) < 4.78 is 18.3. The van der Waals surface area contributed by atoms with E-state index < -0.39 is 0 Å². The maximum Gasteiger partial charge on any atom is 0.163 e. The van der Waals surface area contributed by atoms with Crippen molar-refractivity contribution in [1.82, 2.24) is 9.55 Å². The molecule has 1 aliphatic rings. The predicted octanol–water partition coefficient (Wildman–Crippen LogP) is 1.87. The second-order valence-electron chi connectivity index (χ2n) is 4.51. The number of methoxy groups -OCH3 is 1. The Hall–Kier alpha value is -2.26. The largest absolute Gasteiger partial charge is 0.486 e. The van der Waals surface area contributed by atoms with Crippen molar-refractivity contribution in [3.63, 3.8) is 0 Å². The molecule has 20 heavy (non-hydrogen) atoms. The van der Waals surface area contributed by atoms with Crippen LogP contribution < -0.4 is 9.47 Å². The lowest BCUT2D eigenvalue weighted by Gasteiger charge is -2.18. The molecule has 0 spiro atoms. The number of nitriles is 1. The van der Waals surface area contributed by atoms with Gasteiger partial charge in [-0.05, 0) is 0 Å². The van der Waals surface area contributed by atoms with E-state index in [0.29, 0.717) is 32.8 Å². The molecule has 1 aromatic heterocycles. The zero-order chi connectivity index (χ0) is 13.9. The average molecular weight is 273 g/mol. The molecule has 6 nitrogen and oxygen atoms in total. The fourth-order valence-electron chi connectivity index (χ4n) is 2.36. The standard InChI is InChI=1S/C14H15N3O3/c1-18-9-14-16-10-7-12-13(20-6-5-19-12)8-11(10)17(14)4-2-3-15/h7-8H,2,4-6,9H2,1H3.